The molecule has 0 unspecified atom stereocenters. The molecule has 2 saturated heterocycles. The van der Waals surface area contributed by atoms with Crippen LogP contribution in [0.4, 0.5) is 11.4 Å². The van der Waals surface area contributed by atoms with Crippen molar-refractivity contribution in [2.75, 3.05) is 43.2 Å². The fraction of sp³-hybridized carbons (Fsp3) is 0.500. The van der Waals surface area contributed by atoms with E-state index in [1.54, 1.807) is 21.6 Å². The number of ether oxygens (including phenoxy) is 2. The van der Waals surface area contributed by atoms with Gasteiger partial charge in [0, 0.05) is 61.6 Å². The Hall–Kier alpha value is -3.62. The Morgan fingerprint density at radius 3 is 2.64 bits per heavy atom. The zero-order chi connectivity index (χ0) is 31.9. The van der Waals surface area contributed by atoms with Gasteiger partial charge < -0.3 is 34.5 Å². The van der Waals surface area contributed by atoms with Crippen LogP contribution in [0.5, 0.6) is 5.75 Å². The van der Waals surface area contributed by atoms with Gasteiger partial charge in [-0.2, -0.15) is 0 Å². The summed E-state index contributed by atoms with van der Waals surface area (Å²) in [6.07, 6.45) is 2.39. The Labute approximate surface area is 264 Å². The van der Waals surface area contributed by atoms with Gasteiger partial charge in [0.15, 0.2) is 13.9 Å². The minimum absolute atomic E-state index is 0.00169. The molecule has 3 aliphatic heterocycles. The van der Waals surface area contributed by atoms with Gasteiger partial charge in [0.25, 0.3) is 5.91 Å². The summed E-state index contributed by atoms with van der Waals surface area (Å²) in [6, 6.07) is 13.4. The summed E-state index contributed by atoms with van der Waals surface area (Å²) in [5.74, 6) is 0.202. The topological polar surface area (TPSA) is 142 Å². The summed E-state index contributed by atoms with van der Waals surface area (Å²) < 4.78 is 14.3. The van der Waals surface area contributed by atoms with Crippen LogP contribution in [0.2, 0.25) is 18.6 Å². The quantitative estimate of drug-likeness (QED) is 0.286. The van der Waals surface area contributed by atoms with Crippen LogP contribution >= 0.6 is 0 Å². The maximum absolute atomic E-state index is 14.7. The van der Waals surface area contributed by atoms with Gasteiger partial charge in [0.05, 0.1) is 37.7 Å². The Balaban J connectivity index is 1.31. The van der Waals surface area contributed by atoms with E-state index in [0.29, 0.717) is 50.5 Å². The molecule has 4 atom stereocenters. The molecule has 2 aromatic carbocycles. The minimum atomic E-state index is -2.83. The molecule has 12 nitrogen and oxygen atoms in total. The van der Waals surface area contributed by atoms with E-state index in [9.17, 15) is 19.5 Å². The molecule has 0 aliphatic carbocycles. The molecule has 1 aromatic heterocycles. The standard InChI is InChI=1S/C32H42N6O6Si/c1-21-30(45(3,4)42)28(11-14-36-20-23(12-16-39)34-35-36)44-32(21)26-17-25(43-2)9-10-27(26)38(31(32)41)19-22-5-7-24(8-6-22)37-15-13-33-18-29(37)40/h5-10,17,20-21,28,30,33,39,42H,11-16,18-19H2,1-4H3/t21-,28+,30-,32+/m0/s1. The van der Waals surface area contributed by atoms with Crippen molar-refractivity contribution in [3.63, 3.8) is 0 Å². The van der Waals surface area contributed by atoms with E-state index < -0.39 is 20.0 Å². The van der Waals surface area contributed by atoms with Crippen molar-refractivity contribution >= 4 is 31.5 Å². The highest BCUT2D eigenvalue weighted by atomic mass is 28.4. The Kier molecular flexibility index (Phi) is 8.56. The summed E-state index contributed by atoms with van der Waals surface area (Å²) in [4.78, 5) is 42.2. The zero-order valence-electron chi connectivity index (χ0n) is 26.3. The molecule has 3 aromatic rings. The Morgan fingerprint density at radius 1 is 1.18 bits per heavy atom. The molecule has 240 valence electrons. The molecule has 3 aliphatic rings. The van der Waals surface area contributed by atoms with Gasteiger partial charge in [0.1, 0.15) is 5.75 Å². The number of fused-ring (bicyclic) bond motifs is 2. The van der Waals surface area contributed by atoms with Crippen LogP contribution in [0.15, 0.2) is 48.7 Å². The number of nitrogens with one attached hydrogen (secondary N) is 1. The number of hydrogen-bond donors (Lipinski definition) is 3. The number of amides is 2. The first-order chi connectivity index (χ1) is 21.6. The number of aliphatic hydroxyl groups is 1. The predicted octanol–water partition coefficient (Wildman–Crippen LogP) is 2.19. The van der Waals surface area contributed by atoms with E-state index in [4.69, 9.17) is 9.47 Å². The molecule has 2 fully saturated rings. The number of aromatic nitrogens is 3. The molecule has 0 radical (unpaired) electrons. The summed E-state index contributed by atoms with van der Waals surface area (Å²) in [6.45, 7) is 8.35. The lowest BCUT2D eigenvalue weighted by Gasteiger charge is -2.32. The first kappa shape index (κ1) is 31.4. The third-order valence-electron chi connectivity index (χ3n) is 9.47. The number of anilines is 2. The van der Waals surface area contributed by atoms with Crippen molar-refractivity contribution < 1.29 is 29.0 Å². The molecule has 6 rings (SSSR count). The van der Waals surface area contributed by atoms with Crippen molar-refractivity contribution in [2.45, 2.75) is 63.2 Å². The van der Waals surface area contributed by atoms with E-state index in [2.05, 4.69) is 15.6 Å². The second-order valence-electron chi connectivity index (χ2n) is 12.8. The van der Waals surface area contributed by atoms with Crippen LogP contribution in [0.25, 0.3) is 0 Å². The number of carbonyl (C=O) groups excluding carboxylic acids is 2. The lowest BCUT2D eigenvalue weighted by Crippen LogP contribution is -2.48. The van der Waals surface area contributed by atoms with Gasteiger partial charge in [-0.3, -0.25) is 14.3 Å². The normalized spacial score (nSPS) is 25.0. The number of piperazine rings is 1. The molecule has 2 amide bonds. The molecular formula is C32H42N6O6Si. The first-order valence-corrected chi connectivity index (χ1v) is 18.6. The fourth-order valence-electron chi connectivity index (χ4n) is 7.39. The van der Waals surface area contributed by atoms with E-state index in [-0.39, 0.29) is 29.9 Å². The number of rotatable bonds is 10. The van der Waals surface area contributed by atoms with Crippen molar-refractivity contribution in [1.82, 2.24) is 20.3 Å². The average molecular weight is 635 g/mol. The highest BCUT2D eigenvalue weighted by Crippen LogP contribution is 2.60. The van der Waals surface area contributed by atoms with Crippen molar-refractivity contribution in [2.24, 2.45) is 5.92 Å². The number of methoxy groups -OCH3 is 1. The molecule has 4 heterocycles. The summed E-state index contributed by atoms with van der Waals surface area (Å²) in [7, 11) is -1.23. The lowest BCUT2D eigenvalue weighted by atomic mass is 9.82. The summed E-state index contributed by atoms with van der Waals surface area (Å²) >= 11 is 0. The molecule has 13 heteroatoms. The first-order valence-electron chi connectivity index (χ1n) is 15.6. The number of aryl methyl sites for hydroxylation is 1. The van der Waals surface area contributed by atoms with Crippen molar-refractivity contribution in [3.8, 4) is 5.75 Å². The fourth-order valence-corrected chi connectivity index (χ4v) is 9.99. The number of hydrogen-bond acceptors (Lipinski definition) is 9. The van der Waals surface area contributed by atoms with Gasteiger partial charge in [-0.1, -0.05) is 24.3 Å². The second-order valence-corrected chi connectivity index (χ2v) is 16.7. The second kappa shape index (κ2) is 12.3. The smallest absolute Gasteiger partial charge is 0.264 e. The van der Waals surface area contributed by atoms with E-state index >= 15 is 0 Å². The summed E-state index contributed by atoms with van der Waals surface area (Å²) in [5, 5.41) is 20.7. The van der Waals surface area contributed by atoms with Gasteiger partial charge in [0.2, 0.25) is 5.91 Å². The SMILES string of the molecule is COc1ccc2c(c1)[C@@]1(O[C@H](CCn3cc(CCO)nn3)[C@@H]([Si](C)(C)O)[C@@H]1C)C(=O)N2Cc1ccc(N2CCNCC2=O)cc1. The number of aliphatic hydroxyl groups excluding tert-OH is 1. The molecule has 3 N–H and O–H groups in total. The van der Waals surface area contributed by atoms with Crippen LogP contribution in [-0.4, -0.2) is 84.5 Å². The Bertz CT molecular complexity index is 1560. The third-order valence-corrected chi connectivity index (χ3v) is 12.0. The number of nitrogens with zero attached hydrogens (tertiary/aromatic N) is 5. The van der Waals surface area contributed by atoms with Crippen molar-refractivity contribution in [3.05, 3.63) is 65.5 Å². The minimum Gasteiger partial charge on any atom is -0.497 e. The maximum Gasteiger partial charge on any atom is 0.264 e. The van der Waals surface area contributed by atoms with Crippen LogP contribution < -0.4 is 19.9 Å². The largest absolute Gasteiger partial charge is 0.497 e. The van der Waals surface area contributed by atoms with Crippen molar-refractivity contribution in [1.29, 1.82) is 0 Å². The monoisotopic (exact) mass is 634 g/mol. The van der Waals surface area contributed by atoms with Crippen LogP contribution in [-0.2, 0) is 39.4 Å². The average Bonchev–Trinajstić information content (AvgIpc) is 3.66. The highest BCUT2D eigenvalue weighted by Gasteiger charge is 2.66. The third kappa shape index (κ3) is 5.67. The van der Waals surface area contributed by atoms with Crippen LogP contribution in [0, 0.1) is 5.92 Å². The maximum atomic E-state index is 14.7. The van der Waals surface area contributed by atoms with E-state index in [0.717, 1.165) is 29.0 Å². The van der Waals surface area contributed by atoms with Gasteiger partial charge in [-0.05, 0) is 55.4 Å². The lowest BCUT2D eigenvalue weighted by molar-refractivity contribution is -0.146. The Morgan fingerprint density at radius 2 is 1.96 bits per heavy atom. The van der Waals surface area contributed by atoms with E-state index in [1.165, 1.54) is 0 Å². The zero-order valence-corrected chi connectivity index (χ0v) is 27.3. The van der Waals surface area contributed by atoms with E-state index in [1.807, 2.05) is 68.7 Å². The van der Waals surface area contributed by atoms with Crippen LogP contribution in [0.1, 0.15) is 30.2 Å². The van der Waals surface area contributed by atoms with Gasteiger partial charge in [-0.25, -0.2) is 0 Å². The number of benzene rings is 2. The van der Waals surface area contributed by atoms with Crippen LogP contribution in [0.3, 0.4) is 0 Å². The molecule has 45 heavy (non-hydrogen) atoms. The molecule has 0 saturated carbocycles. The van der Waals surface area contributed by atoms with Gasteiger partial charge >= 0.3 is 0 Å². The molecule has 1 spiro atoms. The number of carbonyl (C=O) groups is 2. The predicted molar refractivity (Wildman–Crippen MR) is 170 cm³/mol. The molecule has 0 bridgehead atoms. The molecular weight excluding hydrogens is 592 g/mol. The van der Waals surface area contributed by atoms with Gasteiger partial charge in [-0.15, -0.1) is 5.10 Å². The summed E-state index contributed by atoms with van der Waals surface area (Å²) in [5.41, 5.74) is 2.46. The highest BCUT2D eigenvalue weighted by molar-refractivity contribution is 6.71.